The Morgan fingerprint density at radius 2 is 1.23 bits per heavy atom. The Labute approximate surface area is 174 Å². The second kappa shape index (κ2) is 8.61. The molecule has 0 spiro atoms. The molecular formula is C24H21N3O3. The summed E-state index contributed by atoms with van der Waals surface area (Å²) in [5.74, 6) is -0.745. The Hall–Kier alpha value is -3.93. The predicted molar refractivity (Wildman–Crippen MR) is 116 cm³/mol. The van der Waals surface area contributed by atoms with Crippen LogP contribution in [0.4, 0.5) is 17.1 Å². The summed E-state index contributed by atoms with van der Waals surface area (Å²) >= 11 is 0. The number of hydrogen-bond acceptors (Lipinski definition) is 4. The van der Waals surface area contributed by atoms with Crippen LogP contribution in [-0.2, 0) is 4.79 Å². The number of rotatable bonds is 7. The van der Waals surface area contributed by atoms with Gasteiger partial charge in [0.15, 0.2) is 0 Å². The van der Waals surface area contributed by atoms with Gasteiger partial charge in [0, 0.05) is 30.0 Å². The fourth-order valence-electron chi connectivity index (χ4n) is 3.39. The summed E-state index contributed by atoms with van der Waals surface area (Å²) in [6.07, 6.45) is 0.627. The summed E-state index contributed by atoms with van der Waals surface area (Å²) in [6.45, 7) is 0.222. The van der Waals surface area contributed by atoms with E-state index in [2.05, 4.69) is 10.6 Å². The SMILES string of the molecule is O=C(CCCN1C(=O)c2ccccc2C1=O)Nc1ccc(Nc2ccccc2)cc1. The lowest BCUT2D eigenvalue weighted by Crippen LogP contribution is -2.31. The Morgan fingerprint density at radius 1 is 0.700 bits per heavy atom. The van der Waals surface area contributed by atoms with Crippen molar-refractivity contribution in [3.8, 4) is 0 Å². The van der Waals surface area contributed by atoms with Crippen molar-refractivity contribution in [2.45, 2.75) is 12.8 Å². The monoisotopic (exact) mass is 399 g/mol. The molecule has 0 bridgehead atoms. The molecule has 30 heavy (non-hydrogen) atoms. The van der Waals surface area contributed by atoms with Gasteiger partial charge in [0.25, 0.3) is 11.8 Å². The minimum absolute atomic E-state index is 0.157. The molecule has 0 aromatic heterocycles. The first-order chi connectivity index (χ1) is 14.6. The van der Waals surface area contributed by atoms with E-state index in [9.17, 15) is 14.4 Å². The van der Waals surface area contributed by atoms with Crippen LogP contribution < -0.4 is 10.6 Å². The summed E-state index contributed by atoms with van der Waals surface area (Å²) in [4.78, 5) is 38.1. The van der Waals surface area contributed by atoms with E-state index in [0.717, 1.165) is 11.4 Å². The van der Waals surface area contributed by atoms with Gasteiger partial charge in [0.2, 0.25) is 5.91 Å². The summed E-state index contributed by atoms with van der Waals surface area (Å²) in [6, 6.07) is 24.0. The number of hydrogen-bond donors (Lipinski definition) is 2. The smallest absolute Gasteiger partial charge is 0.261 e. The van der Waals surface area contributed by atoms with Crippen LogP contribution in [0.5, 0.6) is 0 Å². The molecule has 0 radical (unpaired) electrons. The maximum absolute atomic E-state index is 12.3. The second-order valence-electron chi connectivity index (χ2n) is 7.03. The Kier molecular flexibility index (Phi) is 5.57. The van der Waals surface area contributed by atoms with Gasteiger partial charge >= 0.3 is 0 Å². The second-order valence-corrected chi connectivity index (χ2v) is 7.03. The molecule has 1 heterocycles. The lowest BCUT2D eigenvalue weighted by Gasteiger charge is -2.13. The van der Waals surface area contributed by atoms with E-state index >= 15 is 0 Å². The Bertz CT molecular complexity index is 1040. The lowest BCUT2D eigenvalue weighted by molar-refractivity contribution is -0.116. The predicted octanol–water partition coefficient (Wildman–Crippen LogP) is 4.45. The van der Waals surface area contributed by atoms with Crippen molar-refractivity contribution in [2.75, 3.05) is 17.2 Å². The average Bonchev–Trinajstić information content (AvgIpc) is 3.01. The number of amides is 3. The maximum atomic E-state index is 12.3. The first kappa shape index (κ1) is 19.4. The van der Waals surface area contributed by atoms with E-state index in [0.29, 0.717) is 23.2 Å². The molecule has 2 N–H and O–H groups in total. The van der Waals surface area contributed by atoms with Crippen LogP contribution in [0.2, 0.25) is 0 Å². The highest BCUT2D eigenvalue weighted by molar-refractivity contribution is 6.21. The third-order valence-corrected chi connectivity index (χ3v) is 4.89. The Balaban J connectivity index is 1.25. The van der Waals surface area contributed by atoms with Gasteiger partial charge in [0.1, 0.15) is 0 Å². The molecule has 6 heteroatoms. The Morgan fingerprint density at radius 3 is 1.87 bits per heavy atom. The van der Waals surface area contributed by atoms with E-state index in [-0.39, 0.29) is 30.7 Å². The molecule has 0 saturated heterocycles. The standard InChI is InChI=1S/C24H21N3O3/c28-22(11-6-16-27-23(29)20-9-4-5-10-21(20)24(27)30)26-19-14-12-18(13-15-19)25-17-7-2-1-3-8-17/h1-5,7-10,12-15,25H,6,11,16H2,(H,26,28). The zero-order chi connectivity index (χ0) is 20.9. The number of carbonyl (C=O) groups excluding carboxylic acids is 3. The number of imide groups is 1. The zero-order valence-electron chi connectivity index (χ0n) is 16.3. The number of benzene rings is 3. The number of carbonyl (C=O) groups is 3. The van der Waals surface area contributed by atoms with Crippen LogP contribution >= 0.6 is 0 Å². The highest BCUT2D eigenvalue weighted by atomic mass is 16.2. The number of para-hydroxylation sites is 1. The lowest BCUT2D eigenvalue weighted by atomic mass is 10.1. The van der Waals surface area contributed by atoms with E-state index in [1.807, 2.05) is 54.6 Å². The molecule has 3 aromatic rings. The minimum atomic E-state index is -0.294. The molecular weight excluding hydrogens is 378 g/mol. The molecule has 0 unspecified atom stereocenters. The van der Waals surface area contributed by atoms with Gasteiger partial charge in [0.05, 0.1) is 11.1 Å². The fourth-order valence-corrected chi connectivity index (χ4v) is 3.39. The van der Waals surface area contributed by atoms with Crippen molar-refractivity contribution in [2.24, 2.45) is 0 Å². The minimum Gasteiger partial charge on any atom is -0.356 e. The van der Waals surface area contributed by atoms with Gasteiger partial charge in [-0.25, -0.2) is 0 Å². The molecule has 4 rings (SSSR count). The molecule has 150 valence electrons. The number of anilines is 3. The molecule has 3 aromatic carbocycles. The highest BCUT2D eigenvalue weighted by Crippen LogP contribution is 2.23. The average molecular weight is 399 g/mol. The quantitative estimate of drug-likeness (QED) is 0.576. The summed E-state index contributed by atoms with van der Waals surface area (Å²) in [7, 11) is 0. The van der Waals surface area contributed by atoms with Crippen LogP contribution in [0, 0.1) is 0 Å². The van der Waals surface area contributed by atoms with Crippen molar-refractivity contribution in [1.29, 1.82) is 0 Å². The normalized spacial score (nSPS) is 12.6. The molecule has 0 aliphatic carbocycles. The van der Waals surface area contributed by atoms with Crippen LogP contribution in [0.25, 0.3) is 0 Å². The first-order valence-corrected chi connectivity index (χ1v) is 9.79. The molecule has 0 saturated carbocycles. The third kappa shape index (κ3) is 4.22. The van der Waals surface area contributed by atoms with Crippen molar-refractivity contribution < 1.29 is 14.4 Å². The van der Waals surface area contributed by atoms with Crippen molar-refractivity contribution in [3.05, 3.63) is 90.0 Å². The van der Waals surface area contributed by atoms with Crippen molar-refractivity contribution >= 4 is 34.8 Å². The van der Waals surface area contributed by atoms with Crippen molar-refractivity contribution in [1.82, 2.24) is 4.90 Å². The van der Waals surface area contributed by atoms with E-state index in [1.165, 1.54) is 4.90 Å². The maximum Gasteiger partial charge on any atom is 0.261 e. The molecule has 3 amide bonds. The van der Waals surface area contributed by atoms with Crippen LogP contribution in [0.1, 0.15) is 33.6 Å². The van der Waals surface area contributed by atoms with Gasteiger partial charge < -0.3 is 10.6 Å². The summed E-state index contributed by atoms with van der Waals surface area (Å²) < 4.78 is 0. The van der Waals surface area contributed by atoms with Crippen LogP contribution in [-0.4, -0.2) is 29.2 Å². The van der Waals surface area contributed by atoms with Gasteiger partial charge in [-0.1, -0.05) is 30.3 Å². The summed E-state index contributed by atoms with van der Waals surface area (Å²) in [5, 5.41) is 6.13. The molecule has 6 nitrogen and oxygen atoms in total. The van der Waals surface area contributed by atoms with Gasteiger partial charge in [-0.3, -0.25) is 19.3 Å². The largest absolute Gasteiger partial charge is 0.356 e. The molecule has 0 atom stereocenters. The zero-order valence-corrected chi connectivity index (χ0v) is 16.3. The third-order valence-electron chi connectivity index (χ3n) is 4.89. The van der Waals surface area contributed by atoms with E-state index in [1.54, 1.807) is 24.3 Å². The molecule has 0 fully saturated rings. The van der Waals surface area contributed by atoms with E-state index in [4.69, 9.17) is 0 Å². The van der Waals surface area contributed by atoms with Crippen molar-refractivity contribution in [3.63, 3.8) is 0 Å². The highest BCUT2D eigenvalue weighted by Gasteiger charge is 2.34. The van der Waals surface area contributed by atoms with Gasteiger partial charge in [-0.2, -0.15) is 0 Å². The first-order valence-electron chi connectivity index (χ1n) is 9.79. The molecule has 1 aliphatic heterocycles. The number of fused-ring (bicyclic) bond motifs is 1. The summed E-state index contributed by atoms with van der Waals surface area (Å²) in [5.41, 5.74) is 3.46. The van der Waals surface area contributed by atoms with E-state index < -0.39 is 0 Å². The number of nitrogens with one attached hydrogen (secondary N) is 2. The van der Waals surface area contributed by atoms with Gasteiger partial charge in [-0.15, -0.1) is 0 Å². The van der Waals surface area contributed by atoms with Crippen LogP contribution in [0.15, 0.2) is 78.9 Å². The topological polar surface area (TPSA) is 78.5 Å². The number of nitrogens with zero attached hydrogens (tertiary/aromatic N) is 1. The van der Waals surface area contributed by atoms with Crippen LogP contribution in [0.3, 0.4) is 0 Å². The van der Waals surface area contributed by atoms with Gasteiger partial charge in [-0.05, 0) is 55.0 Å². The molecule has 1 aliphatic rings. The fraction of sp³-hybridized carbons (Fsp3) is 0.125.